The van der Waals surface area contributed by atoms with Crippen LogP contribution >= 0.6 is 11.8 Å². The molecule has 21 heavy (non-hydrogen) atoms. The zero-order chi connectivity index (χ0) is 14.8. The van der Waals surface area contributed by atoms with E-state index in [9.17, 15) is 9.59 Å². The van der Waals surface area contributed by atoms with Crippen LogP contribution < -0.4 is 0 Å². The van der Waals surface area contributed by atoms with Gasteiger partial charge in [0, 0.05) is 11.6 Å². The second-order valence-corrected chi connectivity index (χ2v) is 5.63. The summed E-state index contributed by atoms with van der Waals surface area (Å²) in [4.78, 5) is 23.9. The summed E-state index contributed by atoms with van der Waals surface area (Å²) in [5.74, 6) is -0.383. The average molecular weight is 304 g/mol. The van der Waals surface area contributed by atoms with Gasteiger partial charge in [0.2, 0.25) is 5.91 Å². The third-order valence-electron chi connectivity index (χ3n) is 3.11. The van der Waals surface area contributed by atoms with Gasteiger partial charge in [0.1, 0.15) is 17.6 Å². The van der Waals surface area contributed by atoms with Crippen molar-refractivity contribution in [2.24, 2.45) is 0 Å². The number of carboxylic acid groups (broad SMARTS) is 1. The number of nitrogens with zero attached hydrogens (tertiary/aromatic N) is 2. The molecule has 1 aromatic heterocycles. The summed E-state index contributed by atoms with van der Waals surface area (Å²) >= 11 is 1.35. The Morgan fingerprint density at radius 3 is 2.90 bits per heavy atom. The molecule has 1 amide bonds. The Morgan fingerprint density at radius 2 is 2.19 bits per heavy atom. The molecule has 0 spiro atoms. The van der Waals surface area contributed by atoms with Crippen LogP contribution in [0.15, 0.2) is 40.9 Å². The SMILES string of the molecule is O=C(O)CN1C(=O)CSC1c1cc(-c2ccccc2)on1. The Hall–Kier alpha value is -2.28. The van der Waals surface area contributed by atoms with Crippen molar-refractivity contribution in [1.29, 1.82) is 0 Å². The maximum Gasteiger partial charge on any atom is 0.323 e. The standard InChI is InChI=1S/C14H12N2O4S/c17-12-8-21-14(16(12)7-13(18)19)10-6-11(20-15-10)9-4-2-1-3-5-9/h1-6,14H,7-8H2,(H,18,19). The smallest absolute Gasteiger partial charge is 0.323 e. The molecule has 2 heterocycles. The molecule has 0 aliphatic carbocycles. The fraction of sp³-hybridized carbons (Fsp3) is 0.214. The molecular weight excluding hydrogens is 292 g/mol. The zero-order valence-electron chi connectivity index (χ0n) is 10.9. The number of carboxylic acids is 1. The molecule has 108 valence electrons. The Labute approximate surface area is 124 Å². The number of aliphatic carboxylic acids is 1. The van der Waals surface area contributed by atoms with Gasteiger partial charge in [0.15, 0.2) is 5.76 Å². The van der Waals surface area contributed by atoms with Gasteiger partial charge in [-0.3, -0.25) is 9.59 Å². The predicted octanol–water partition coefficient (Wildman–Crippen LogP) is 2.00. The number of hydrogen-bond acceptors (Lipinski definition) is 5. The van der Waals surface area contributed by atoms with Crippen molar-refractivity contribution >= 4 is 23.6 Å². The molecule has 1 unspecified atom stereocenters. The molecule has 0 saturated carbocycles. The Morgan fingerprint density at radius 1 is 1.43 bits per heavy atom. The molecule has 7 heteroatoms. The summed E-state index contributed by atoms with van der Waals surface area (Å²) in [6, 6.07) is 11.2. The summed E-state index contributed by atoms with van der Waals surface area (Å²) in [6.07, 6.45) is 0. The molecule has 1 fully saturated rings. The second-order valence-electron chi connectivity index (χ2n) is 4.56. The monoisotopic (exact) mass is 304 g/mol. The van der Waals surface area contributed by atoms with E-state index in [0.29, 0.717) is 11.5 Å². The summed E-state index contributed by atoms with van der Waals surface area (Å²) in [6.45, 7) is -0.329. The largest absolute Gasteiger partial charge is 0.480 e. The molecule has 1 aromatic carbocycles. The van der Waals surface area contributed by atoms with E-state index in [0.717, 1.165) is 5.56 Å². The van der Waals surface area contributed by atoms with Gasteiger partial charge >= 0.3 is 5.97 Å². The Bertz CT molecular complexity index is 671. The van der Waals surface area contributed by atoms with E-state index in [1.165, 1.54) is 16.7 Å². The molecule has 6 nitrogen and oxygen atoms in total. The molecule has 1 N–H and O–H groups in total. The molecular formula is C14H12N2O4S. The first-order chi connectivity index (χ1) is 10.1. The lowest BCUT2D eigenvalue weighted by molar-refractivity contribution is -0.143. The first kappa shape index (κ1) is 13.7. The lowest BCUT2D eigenvalue weighted by Gasteiger charge is -2.19. The highest BCUT2D eigenvalue weighted by Gasteiger charge is 2.36. The van der Waals surface area contributed by atoms with Crippen LogP contribution in [0.4, 0.5) is 0 Å². The van der Waals surface area contributed by atoms with Crippen molar-refractivity contribution in [2.45, 2.75) is 5.37 Å². The third kappa shape index (κ3) is 2.78. The molecule has 1 aliphatic rings. The van der Waals surface area contributed by atoms with Crippen LogP contribution in [0.3, 0.4) is 0 Å². The Balaban J connectivity index is 1.85. The van der Waals surface area contributed by atoms with Crippen molar-refractivity contribution in [3.63, 3.8) is 0 Å². The first-order valence-corrected chi connectivity index (χ1v) is 7.35. The minimum atomic E-state index is -1.04. The highest BCUT2D eigenvalue weighted by Crippen LogP contribution is 2.38. The molecule has 2 aromatic rings. The van der Waals surface area contributed by atoms with Gasteiger partial charge in [0.05, 0.1) is 5.75 Å². The molecule has 0 bridgehead atoms. The third-order valence-corrected chi connectivity index (χ3v) is 4.34. The highest BCUT2D eigenvalue weighted by atomic mass is 32.2. The quantitative estimate of drug-likeness (QED) is 0.930. The molecule has 0 radical (unpaired) electrons. The van der Waals surface area contributed by atoms with E-state index in [1.54, 1.807) is 6.07 Å². The topological polar surface area (TPSA) is 83.6 Å². The number of carbonyl (C=O) groups excluding carboxylic acids is 1. The minimum absolute atomic E-state index is 0.198. The molecule has 1 aliphatic heterocycles. The number of benzene rings is 1. The van der Waals surface area contributed by atoms with Crippen LogP contribution in [0.5, 0.6) is 0 Å². The number of amides is 1. The number of rotatable bonds is 4. The van der Waals surface area contributed by atoms with Crippen LogP contribution in [0.2, 0.25) is 0 Å². The number of carbonyl (C=O) groups is 2. The molecule has 3 rings (SSSR count). The van der Waals surface area contributed by atoms with Crippen molar-refractivity contribution in [1.82, 2.24) is 10.1 Å². The minimum Gasteiger partial charge on any atom is -0.480 e. The van der Waals surface area contributed by atoms with Crippen molar-refractivity contribution in [3.05, 3.63) is 42.1 Å². The van der Waals surface area contributed by atoms with Crippen LogP contribution in [-0.4, -0.2) is 39.3 Å². The van der Waals surface area contributed by atoms with E-state index in [2.05, 4.69) is 5.16 Å². The van der Waals surface area contributed by atoms with Crippen LogP contribution in [0.1, 0.15) is 11.1 Å². The summed E-state index contributed by atoms with van der Waals surface area (Å²) < 4.78 is 5.30. The lowest BCUT2D eigenvalue weighted by Crippen LogP contribution is -2.33. The van der Waals surface area contributed by atoms with Crippen molar-refractivity contribution in [3.8, 4) is 11.3 Å². The first-order valence-electron chi connectivity index (χ1n) is 6.30. The fourth-order valence-corrected chi connectivity index (χ4v) is 3.28. The average Bonchev–Trinajstić information content (AvgIpc) is 3.08. The highest BCUT2D eigenvalue weighted by molar-refractivity contribution is 8.00. The van der Waals surface area contributed by atoms with Crippen molar-refractivity contribution in [2.75, 3.05) is 12.3 Å². The van der Waals surface area contributed by atoms with Crippen molar-refractivity contribution < 1.29 is 19.2 Å². The maximum absolute atomic E-state index is 11.8. The lowest BCUT2D eigenvalue weighted by atomic mass is 10.1. The number of hydrogen-bond donors (Lipinski definition) is 1. The normalized spacial score (nSPS) is 18.2. The summed E-state index contributed by atoms with van der Waals surface area (Å²) in [5.41, 5.74) is 1.45. The Kier molecular flexibility index (Phi) is 3.66. The predicted molar refractivity (Wildman–Crippen MR) is 76.5 cm³/mol. The van der Waals surface area contributed by atoms with E-state index in [-0.39, 0.29) is 18.2 Å². The van der Waals surface area contributed by atoms with E-state index >= 15 is 0 Å². The van der Waals surface area contributed by atoms with Crippen LogP contribution in [-0.2, 0) is 9.59 Å². The van der Waals surface area contributed by atoms with Crippen LogP contribution in [0, 0.1) is 0 Å². The number of aromatic nitrogens is 1. The second kappa shape index (κ2) is 5.61. The molecule has 1 saturated heterocycles. The summed E-state index contributed by atoms with van der Waals surface area (Å²) in [5, 5.41) is 12.5. The summed E-state index contributed by atoms with van der Waals surface area (Å²) in [7, 11) is 0. The fourth-order valence-electron chi connectivity index (χ4n) is 2.16. The van der Waals surface area contributed by atoms with Gasteiger partial charge in [-0.05, 0) is 0 Å². The maximum atomic E-state index is 11.8. The van der Waals surface area contributed by atoms with Gasteiger partial charge in [0.25, 0.3) is 0 Å². The zero-order valence-corrected chi connectivity index (χ0v) is 11.7. The van der Waals surface area contributed by atoms with Gasteiger partial charge in [-0.25, -0.2) is 0 Å². The van der Waals surface area contributed by atoms with Gasteiger partial charge in [-0.2, -0.15) is 0 Å². The van der Waals surface area contributed by atoms with Gasteiger partial charge in [-0.15, -0.1) is 11.8 Å². The van der Waals surface area contributed by atoms with E-state index in [4.69, 9.17) is 9.63 Å². The van der Waals surface area contributed by atoms with Crippen LogP contribution in [0.25, 0.3) is 11.3 Å². The van der Waals surface area contributed by atoms with Gasteiger partial charge in [-0.1, -0.05) is 35.5 Å². The van der Waals surface area contributed by atoms with E-state index < -0.39 is 11.3 Å². The van der Waals surface area contributed by atoms with Gasteiger partial charge < -0.3 is 14.5 Å². The van der Waals surface area contributed by atoms with E-state index in [1.807, 2.05) is 30.3 Å². The molecule has 1 atom stereocenters. The number of thioether (sulfide) groups is 1.